The second kappa shape index (κ2) is 5.27. The average Bonchev–Trinajstić information content (AvgIpc) is 2.33. The number of rotatable bonds is 3. The molecule has 0 unspecified atom stereocenters. The molecule has 0 atom stereocenters. The topological polar surface area (TPSA) is 29.1 Å². The lowest BCUT2D eigenvalue weighted by Crippen LogP contribution is -2.29. The monoisotopic (exact) mass is 307 g/mol. The first-order chi connectivity index (χ1) is 8.48. The molecule has 18 heavy (non-hydrogen) atoms. The Hall–Kier alpha value is -1.09. The van der Waals surface area contributed by atoms with E-state index in [1.54, 1.807) is 0 Å². The second-order valence-corrected chi connectivity index (χ2v) is 6.37. The van der Waals surface area contributed by atoms with Crippen LogP contribution in [0.15, 0.2) is 40.5 Å². The zero-order valence-corrected chi connectivity index (χ0v) is 12.4. The largest absolute Gasteiger partial charge is 0.383 e. The molecule has 96 valence electrons. The van der Waals surface area contributed by atoms with Gasteiger partial charge < -0.3 is 5.32 Å². The van der Waals surface area contributed by atoms with Crippen molar-refractivity contribution < 1.29 is 4.79 Å². The van der Waals surface area contributed by atoms with Crippen molar-refractivity contribution in [2.24, 2.45) is 5.41 Å². The lowest BCUT2D eigenvalue weighted by Gasteiger charge is -2.31. The van der Waals surface area contributed by atoms with E-state index in [1.807, 2.05) is 18.2 Å². The van der Waals surface area contributed by atoms with Crippen molar-refractivity contribution in [2.75, 3.05) is 0 Å². The number of carbonyl (C=O) groups is 1. The zero-order chi connectivity index (χ0) is 13.2. The number of carbonyl (C=O) groups excluding carboxylic acids is 1. The third kappa shape index (κ3) is 3.22. The lowest BCUT2D eigenvalue weighted by atomic mass is 9.79. The highest BCUT2D eigenvalue weighted by atomic mass is 79.9. The maximum Gasteiger partial charge on any atom is 0.172 e. The molecule has 0 bridgehead atoms. The zero-order valence-electron chi connectivity index (χ0n) is 10.8. The minimum Gasteiger partial charge on any atom is -0.383 e. The Bertz CT molecular complexity index is 477. The normalized spacial score (nSPS) is 18.9. The van der Waals surface area contributed by atoms with E-state index < -0.39 is 0 Å². The van der Waals surface area contributed by atoms with Crippen LogP contribution in [0, 0.1) is 5.41 Å². The van der Waals surface area contributed by atoms with Crippen LogP contribution in [0.1, 0.15) is 32.3 Å². The number of allylic oxidation sites excluding steroid dienone is 2. The van der Waals surface area contributed by atoms with Crippen LogP contribution in [0.3, 0.4) is 0 Å². The van der Waals surface area contributed by atoms with Gasteiger partial charge in [-0.2, -0.15) is 0 Å². The van der Waals surface area contributed by atoms with Crippen LogP contribution in [0.4, 0.5) is 0 Å². The molecule has 0 saturated carbocycles. The molecule has 1 N–H and O–H groups in total. The SMILES string of the molecule is CC1(C)CC(=O)C(Br)=C(NCc2ccccc2)C1. The number of halogens is 1. The molecule has 1 aliphatic rings. The van der Waals surface area contributed by atoms with E-state index in [9.17, 15) is 4.79 Å². The molecular formula is C15H18BrNO. The molecule has 1 aromatic carbocycles. The van der Waals surface area contributed by atoms with E-state index in [2.05, 4.69) is 47.2 Å². The third-order valence-corrected chi connectivity index (χ3v) is 4.07. The van der Waals surface area contributed by atoms with Crippen molar-refractivity contribution in [1.29, 1.82) is 0 Å². The number of Topliss-reactive ketones (excluding diaryl/α,β-unsaturated/α-hetero) is 1. The summed E-state index contributed by atoms with van der Waals surface area (Å²) in [4.78, 5) is 11.9. The first-order valence-corrected chi connectivity index (χ1v) is 6.97. The maximum atomic E-state index is 11.9. The fraction of sp³-hybridized carbons (Fsp3) is 0.400. The van der Waals surface area contributed by atoms with Gasteiger partial charge in [-0.1, -0.05) is 44.2 Å². The van der Waals surface area contributed by atoms with Crippen LogP contribution >= 0.6 is 15.9 Å². The van der Waals surface area contributed by atoms with Crippen LogP contribution in [-0.4, -0.2) is 5.78 Å². The molecule has 0 heterocycles. The molecule has 0 aromatic heterocycles. The highest BCUT2D eigenvalue weighted by Crippen LogP contribution is 2.37. The van der Waals surface area contributed by atoms with Gasteiger partial charge in [0.1, 0.15) is 0 Å². The summed E-state index contributed by atoms with van der Waals surface area (Å²) in [6.45, 7) is 5.03. The predicted molar refractivity (Wildman–Crippen MR) is 77.3 cm³/mol. The summed E-state index contributed by atoms with van der Waals surface area (Å²) in [5.74, 6) is 0.196. The first-order valence-electron chi connectivity index (χ1n) is 6.18. The molecule has 0 aliphatic heterocycles. The minimum absolute atomic E-state index is 0.0490. The summed E-state index contributed by atoms with van der Waals surface area (Å²) >= 11 is 3.41. The van der Waals surface area contributed by atoms with Crippen LogP contribution in [0.5, 0.6) is 0 Å². The average molecular weight is 308 g/mol. The van der Waals surface area contributed by atoms with Crippen LogP contribution < -0.4 is 5.32 Å². The van der Waals surface area contributed by atoms with Gasteiger partial charge in [-0.15, -0.1) is 0 Å². The lowest BCUT2D eigenvalue weighted by molar-refractivity contribution is -0.117. The Balaban J connectivity index is 2.08. The molecule has 0 spiro atoms. The predicted octanol–water partition coefficient (Wildman–Crippen LogP) is 3.77. The Morgan fingerprint density at radius 1 is 1.22 bits per heavy atom. The molecule has 2 nitrogen and oxygen atoms in total. The number of hydrogen-bond donors (Lipinski definition) is 1. The van der Waals surface area contributed by atoms with E-state index in [1.165, 1.54) is 5.56 Å². The highest BCUT2D eigenvalue weighted by Gasteiger charge is 2.31. The van der Waals surface area contributed by atoms with Crippen LogP contribution in [0.2, 0.25) is 0 Å². The van der Waals surface area contributed by atoms with Crippen molar-refractivity contribution in [2.45, 2.75) is 33.2 Å². The van der Waals surface area contributed by atoms with Gasteiger partial charge in [0.05, 0.1) is 4.48 Å². The Morgan fingerprint density at radius 2 is 1.89 bits per heavy atom. The van der Waals surface area contributed by atoms with Gasteiger partial charge in [0.25, 0.3) is 0 Å². The minimum atomic E-state index is 0.0490. The van der Waals surface area contributed by atoms with E-state index in [0.29, 0.717) is 6.42 Å². The molecule has 3 heteroatoms. The van der Waals surface area contributed by atoms with Gasteiger partial charge in [-0.05, 0) is 33.3 Å². The molecule has 1 aromatic rings. The van der Waals surface area contributed by atoms with Crippen molar-refractivity contribution in [3.05, 3.63) is 46.1 Å². The summed E-state index contributed by atoms with van der Waals surface area (Å²) < 4.78 is 0.720. The van der Waals surface area contributed by atoms with Gasteiger partial charge in [0.15, 0.2) is 5.78 Å². The number of nitrogens with one attached hydrogen (secondary N) is 1. The smallest absolute Gasteiger partial charge is 0.172 e. The molecule has 0 amide bonds. The number of benzene rings is 1. The second-order valence-electron chi connectivity index (χ2n) is 5.57. The van der Waals surface area contributed by atoms with Gasteiger partial charge in [-0.25, -0.2) is 0 Å². The Kier molecular flexibility index (Phi) is 3.91. The molecule has 0 fully saturated rings. The molecule has 0 radical (unpaired) electrons. The molecular weight excluding hydrogens is 290 g/mol. The summed E-state index contributed by atoms with van der Waals surface area (Å²) in [5, 5.41) is 3.39. The molecule has 2 rings (SSSR count). The van der Waals surface area contributed by atoms with E-state index in [-0.39, 0.29) is 11.2 Å². The Labute approximate surface area is 117 Å². The fourth-order valence-electron chi connectivity index (χ4n) is 2.24. The van der Waals surface area contributed by atoms with Gasteiger partial charge in [0.2, 0.25) is 0 Å². The van der Waals surface area contributed by atoms with Gasteiger partial charge in [0, 0.05) is 18.7 Å². The van der Waals surface area contributed by atoms with E-state index in [0.717, 1.165) is 23.1 Å². The maximum absolute atomic E-state index is 11.9. The summed E-state index contributed by atoms with van der Waals surface area (Å²) in [6.07, 6.45) is 1.52. The number of ketones is 1. The van der Waals surface area contributed by atoms with Crippen molar-refractivity contribution in [3.63, 3.8) is 0 Å². The summed E-state index contributed by atoms with van der Waals surface area (Å²) in [6, 6.07) is 10.2. The standard InChI is InChI=1S/C15H18BrNO/c1-15(2)8-12(14(16)13(18)9-15)17-10-11-6-4-3-5-7-11/h3-7,17H,8-10H2,1-2H3. The van der Waals surface area contributed by atoms with E-state index in [4.69, 9.17) is 0 Å². The summed E-state index contributed by atoms with van der Waals surface area (Å²) in [7, 11) is 0. The fourth-order valence-corrected chi connectivity index (χ4v) is 2.66. The molecule has 0 saturated heterocycles. The quantitative estimate of drug-likeness (QED) is 0.921. The van der Waals surface area contributed by atoms with Crippen LogP contribution in [-0.2, 0) is 11.3 Å². The highest BCUT2D eigenvalue weighted by molar-refractivity contribution is 9.12. The third-order valence-electron chi connectivity index (χ3n) is 3.15. The van der Waals surface area contributed by atoms with Crippen LogP contribution in [0.25, 0.3) is 0 Å². The molecule has 1 aliphatic carbocycles. The number of hydrogen-bond acceptors (Lipinski definition) is 2. The van der Waals surface area contributed by atoms with Crippen molar-refractivity contribution >= 4 is 21.7 Å². The van der Waals surface area contributed by atoms with Crippen molar-refractivity contribution in [1.82, 2.24) is 5.32 Å². The summed E-state index contributed by atoms with van der Waals surface area (Å²) in [5.41, 5.74) is 2.30. The Morgan fingerprint density at radius 3 is 2.56 bits per heavy atom. The first kappa shape index (κ1) is 13.3. The van der Waals surface area contributed by atoms with Crippen molar-refractivity contribution in [3.8, 4) is 0 Å². The van der Waals surface area contributed by atoms with Gasteiger partial charge in [-0.3, -0.25) is 4.79 Å². The van der Waals surface area contributed by atoms with E-state index >= 15 is 0 Å². The van der Waals surface area contributed by atoms with Gasteiger partial charge >= 0.3 is 0 Å².